The quantitative estimate of drug-likeness (QED) is 0.324. The monoisotopic (exact) mass is 684 g/mol. The summed E-state index contributed by atoms with van der Waals surface area (Å²) in [5.74, 6) is 0.157. The van der Waals surface area contributed by atoms with Crippen LogP contribution in [0.15, 0.2) is 35.2 Å². The van der Waals surface area contributed by atoms with Gasteiger partial charge in [0.25, 0.3) is 0 Å². The van der Waals surface area contributed by atoms with Gasteiger partial charge in [0, 0.05) is 56.8 Å². The van der Waals surface area contributed by atoms with Crippen LogP contribution in [-0.2, 0) is 29.8 Å². The number of amides is 3. The number of thiazole rings is 1. The zero-order valence-corrected chi connectivity index (χ0v) is 28.9. The van der Waals surface area contributed by atoms with E-state index < -0.39 is 33.0 Å². The summed E-state index contributed by atoms with van der Waals surface area (Å²) >= 11 is 1.22. The summed E-state index contributed by atoms with van der Waals surface area (Å²) in [6.45, 7) is 8.29. The molecular weight excluding hydrogens is 645 g/mol. The second kappa shape index (κ2) is 12.3. The molecule has 1 atom stereocenters. The number of likely N-dealkylation sites (tertiary alicyclic amines) is 1. The Labute approximate surface area is 278 Å². The zero-order chi connectivity index (χ0) is 33.7. The molecule has 4 heterocycles. The average Bonchev–Trinajstić information content (AvgIpc) is 3.44. The lowest BCUT2D eigenvalue weighted by Gasteiger charge is -2.26. The normalized spacial score (nSPS) is 19.4. The number of rotatable bonds is 9. The van der Waals surface area contributed by atoms with Crippen LogP contribution in [0, 0.1) is 5.92 Å². The van der Waals surface area contributed by atoms with E-state index in [1.54, 1.807) is 54.8 Å². The van der Waals surface area contributed by atoms with Gasteiger partial charge in [-0.1, -0.05) is 11.3 Å². The Kier molecular flexibility index (Phi) is 8.68. The summed E-state index contributed by atoms with van der Waals surface area (Å²) in [6, 6.07) is 7.89. The van der Waals surface area contributed by atoms with Gasteiger partial charge in [0.1, 0.15) is 15.9 Å². The Morgan fingerprint density at radius 2 is 1.89 bits per heavy atom. The van der Waals surface area contributed by atoms with E-state index in [-0.39, 0.29) is 36.2 Å². The van der Waals surface area contributed by atoms with E-state index in [1.807, 2.05) is 0 Å². The fraction of sp³-hybridized carbons (Fsp3) is 0.531. The highest BCUT2D eigenvalue weighted by Crippen LogP contribution is 2.48. The highest BCUT2D eigenvalue weighted by atomic mass is 32.2. The molecule has 3 amide bonds. The summed E-state index contributed by atoms with van der Waals surface area (Å²) in [5, 5.41) is 3.26. The molecule has 0 radical (unpaired) electrons. The Morgan fingerprint density at radius 3 is 2.55 bits per heavy atom. The fourth-order valence-corrected chi connectivity index (χ4v) is 8.62. The van der Waals surface area contributed by atoms with Gasteiger partial charge in [-0.05, 0) is 75.8 Å². The van der Waals surface area contributed by atoms with Crippen LogP contribution in [0.25, 0.3) is 10.3 Å². The number of nitrogens with one attached hydrogen (secondary N) is 1. The number of hydrogen-bond donors (Lipinski definition) is 1. The first kappa shape index (κ1) is 33.1. The smallest absolute Gasteiger partial charge is 0.328 e. The van der Waals surface area contributed by atoms with Gasteiger partial charge in [0.15, 0.2) is 5.13 Å². The molecule has 1 saturated heterocycles. The minimum absolute atomic E-state index is 0.00547. The number of fused-ring (bicyclic) bond motifs is 3. The molecule has 3 aromatic rings. The number of sulfonamides is 1. The van der Waals surface area contributed by atoms with Gasteiger partial charge in [0.05, 0.1) is 18.4 Å². The predicted molar refractivity (Wildman–Crippen MR) is 177 cm³/mol. The third-order valence-electron chi connectivity index (χ3n) is 8.77. The topological polar surface area (TPSA) is 151 Å². The lowest BCUT2D eigenvalue weighted by Crippen LogP contribution is -2.41. The molecule has 1 N–H and O–H groups in total. The van der Waals surface area contributed by atoms with E-state index in [4.69, 9.17) is 9.47 Å². The number of benzene rings is 1. The minimum Gasteiger partial charge on any atom is -0.481 e. The molecule has 47 heavy (non-hydrogen) atoms. The van der Waals surface area contributed by atoms with E-state index in [2.05, 4.69) is 15.3 Å². The summed E-state index contributed by atoms with van der Waals surface area (Å²) in [6.07, 6.45) is 2.39. The van der Waals surface area contributed by atoms with Gasteiger partial charge in [0.2, 0.25) is 21.8 Å². The summed E-state index contributed by atoms with van der Waals surface area (Å²) in [5.41, 5.74) is 0.581. The second-order valence-electron chi connectivity index (χ2n) is 13.5. The number of esters is 1. The number of methoxy groups -OCH3 is 1. The van der Waals surface area contributed by atoms with Gasteiger partial charge in [-0.15, -0.1) is 0 Å². The van der Waals surface area contributed by atoms with Crippen molar-refractivity contribution in [1.82, 2.24) is 19.2 Å². The van der Waals surface area contributed by atoms with E-state index in [9.17, 15) is 22.8 Å². The van der Waals surface area contributed by atoms with Crippen molar-refractivity contribution in [2.45, 2.75) is 69.3 Å². The van der Waals surface area contributed by atoms with E-state index in [0.717, 1.165) is 12.8 Å². The van der Waals surface area contributed by atoms with Crippen LogP contribution in [0.1, 0.15) is 58.9 Å². The number of ether oxygens (including phenoxy) is 2. The molecule has 6 rings (SSSR count). The third kappa shape index (κ3) is 6.92. The van der Waals surface area contributed by atoms with Crippen molar-refractivity contribution in [3.05, 3.63) is 35.9 Å². The summed E-state index contributed by atoms with van der Waals surface area (Å²) in [4.78, 5) is 51.6. The number of carbonyl (C=O) groups excluding carboxylic acids is 3. The van der Waals surface area contributed by atoms with E-state index in [0.29, 0.717) is 58.7 Å². The van der Waals surface area contributed by atoms with Crippen LogP contribution in [0.5, 0.6) is 5.88 Å². The Morgan fingerprint density at radius 1 is 1.13 bits per heavy atom. The predicted octanol–water partition coefficient (Wildman–Crippen LogP) is 4.37. The van der Waals surface area contributed by atoms with Crippen molar-refractivity contribution >= 4 is 60.4 Å². The van der Waals surface area contributed by atoms with Gasteiger partial charge in [-0.25, -0.2) is 23.2 Å². The Bertz CT molecular complexity index is 1830. The van der Waals surface area contributed by atoms with Crippen molar-refractivity contribution in [3.63, 3.8) is 0 Å². The summed E-state index contributed by atoms with van der Waals surface area (Å²) < 4.78 is 40.3. The number of carbonyl (C=O) groups is 3. The first-order valence-corrected chi connectivity index (χ1v) is 18.0. The first-order valence-electron chi connectivity index (χ1n) is 15.7. The highest BCUT2D eigenvalue weighted by Gasteiger charge is 2.50. The van der Waals surface area contributed by atoms with Gasteiger partial charge in [-0.3, -0.25) is 19.8 Å². The molecule has 2 fully saturated rings. The zero-order valence-electron chi connectivity index (χ0n) is 27.2. The van der Waals surface area contributed by atoms with Crippen LogP contribution in [0.4, 0.5) is 15.6 Å². The molecule has 2 aliphatic heterocycles. The van der Waals surface area contributed by atoms with Crippen LogP contribution in [0.3, 0.4) is 0 Å². The maximum Gasteiger partial charge on any atom is 0.328 e. The van der Waals surface area contributed by atoms with Crippen LogP contribution in [0.2, 0.25) is 0 Å². The van der Waals surface area contributed by atoms with Crippen LogP contribution in [-0.4, -0.2) is 90.9 Å². The largest absolute Gasteiger partial charge is 0.481 e. The second-order valence-corrected chi connectivity index (χ2v) is 16.4. The molecule has 1 spiro atoms. The highest BCUT2D eigenvalue weighted by molar-refractivity contribution is 7.89. The van der Waals surface area contributed by atoms with Crippen molar-refractivity contribution < 1.29 is 32.3 Å². The van der Waals surface area contributed by atoms with Crippen molar-refractivity contribution in [3.8, 4) is 5.88 Å². The fourth-order valence-electron chi connectivity index (χ4n) is 6.26. The molecule has 1 aromatic carbocycles. The molecular formula is C32H40N6O7S2. The van der Waals surface area contributed by atoms with E-state index >= 15 is 0 Å². The number of nitrogens with zero attached hydrogens (tertiary/aromatic N) is 5. The number of urea groups is 1. The molecule has 1 unspecified atom stereocenters. The Balaban J connectivity index is 1.30. The number of anilines is 2. The van der Waals surface area contributed by atoms with E-state index in [1.165, 1.54) is 35.7 Å². The molecule has 13 nitrogen and oxygen atoms in total. The molecule has 252 valence electrons. The standard InChI is InChI=1S/C32H40N6O7S2/c1-20(39)36-15-13-32(18-36)19-38(30(41)35-29-33-24-9-11-26(44-5)34-28(24)46-29)25-10-8-22(16-23(25)32)47(42,43)37(17-21-6-7-21)14-12-27(40)45-31(2,3)4/h8-11,16,21H,6-7,12-15,17-19H2,1-5H3,(H,33,35,41). The average molecular weight is 685 g/mol. The molecule has 15 heteroatoms. The maximum absolute atomic E-state index is 14.2. The minimum atomic E-state index is -4.00. The first-order chi connectivity index (χ1) is 22.2. The third-order valence-corrected chi connectivity index (χ3v) is 11.5. The number of pyridine rings is 1. The molecule has 3 aliphatic rings. The number of hydrogen-bond acceptors (Lipinski definition) is 10. The van der Waals surface area contributed by atoms with Crippen LogP contribution >= 0.6 is 11.3 Å². The lowest BCUT2D eigenvalue weighted by molar-refractivity contribution is -0.154. The molecule has 0 bridgehead atoms. The molecule has 2 aromatic heterocycles. The van der Waals surface area contributed by atoms with Gasteiger partial charge >= 0.3 is 12.0 Å². The Hall–Kier alpha value is -3.82. The van der Waals surface area contributed by atoms with Gasteiger partial charge < -0.3 is 14.4 Å². The van der Waals surface area contributed by atoms with Gasteiger partial charge in [-0.2, -0.15) is 4.31 Å². The lowest BCUT2D eigenvalue weighted by atomic mass is 9.81. The molecule has 1 aliphatic carbocycles. The molecule has 1 saturated carbocycles. The number of aromatic nitrogens is 2. The summed E-state index contributed by atoms with van der Waals surface area (Å²) in [7, 11) is -2.47. The maximum atomic E-state index is 14.2. The van der Waals surface area contributed by atoms with Crippen molar-refractivity contribution in [1.29, 1.82) is 0 Å². The van der Waals surface area contributed by atoms with Crippen LogP contribution < -0.4 is 15.0 Å². The van der Waals surface area contributed by atoms with Crippen molar-refractivity contribution in [2.75, 3.05) is 50.1 Å². The SMILES string of the molecule is COc1ccc2nc(NC(=O)N3CC4(CCN(C(C)=O)C4)c4cc(S(=O)(=O)N(CCC(=O)OC(C)(C)C)CC5CC5)ccc43)sc2n1. The van der Waals surface area contributed by atoms with Crippen molar-refractivity contribution in [2.24, 2.45) is 5.92 Å².